The van der Waals surface area contributed by atoms with Crippen molar-refractivity contribution in [3.8, 4) is 0 Å². The SMILES string of the molecule is Cc1ccc(C(Nc2ncnn3cccc23)C2(C)CCCO2)o1. The van der Waals surface area contributed by atoms with Gasteiger partial charge < -0.3 is 14.5 Å². The van der Waals surface area contributed by atoms with Crippen LogP contribution in [0.15, 0.2) is 41.2 Å². The van der Waals surface area contributed by atoms with Gasteiger partial charge in [-0.2, -0.15) is 5.10 Å². The average molecular weight is 312 g/mol. The number of hydrogen-bond acceptors (Lipinski definition) is 5. The number of nitrogens with one attached hydrogen (secondary N) is 1. The molecule has 4 heterocycles. The van der Waals surface area contributed by atoms with Gasteiger partial charge in [-0.05, 0) is 51.0 Å². The molecule has 1 aliphatic heterocycles. The Morgan fingerprint density at radius 2 is 2.26 bits per heavy atom. The van der Waals surface area contributed by atoms with Gasteiger partial charge in [0.1, 0.15) is 29.4 Å². The largest absolute Gasteiger partial charge is 0.464 e. The zero-order chi connectivity index (χ0) is 15.9. The highest BCUT2D eigenvalue weighted by molar-refractivity contribution is 5.67. The van der Waals surface area contributed by atoms with E-state index >= 15 is 0 Å². The number of anilines is 1. The highest BCUT2D eigenvalue weighted by atomic mass is 16.5. The summed E-state index contributed by atoms with van der Waals surface area (Å²) in [5.41, 5.74) is 0.612. The predicted octanol–water partition coefficient (Wildman–Crippen LogP) is 3.35. The molecule has 1 N–H and O–H groups in total. The zero-order valence-electron chi connectivity index (χ0n) is 13.3. The molecular formula is C17H20N4O2. The van der Waals surface area contributed by atoms with Crippen molar-refractivity contribution in [2.24, 2.45) is 0 Å². The number of fused-ring (bicyclic) bond motifs is 1. The molecule has 1 aliphatic rings. The molecule has 4 rings (SSSR count). The van der Waals surface area contributed by atoms with Crippen LogP contribution < -0.4 is 5.32 Å². The maximum Gasteiger partial charge on any atom is 0.154 e. The Morgan fingerprint density at radius 3 is 3.00 bits per heavy atom. The third-order valence-corrected chi connectivity index (χ3v) is 4.52. The average Bonchev–Trinajstić information content (AvgIpc) is 3.26. The molecule has 0 aliphatic carbocycles. The third-order valence-electron chi connectivity index (χ3n) is 4.52. The first-order chi connectivity index (χ1) is 11.2. The molecule has 23 heavy (non-hydrogen) atoms. The summed E-state index contributed by atoms with van der Waals surface area (Å²) >= 11 is 0. The molecule has 3 aromatic rings. The van der Waals surface area contributed by atoms with Gasteiger partial charge >= 0.3 is 0 Å². The molecule has 0 spiro atoms. The van der Waals surface area contributed by atoms with Crippen molar-refractivity contribution in [1.82, 2.24) is 14.6 Å². The van der Waals surface area contributed by atoms with Crippen LogP contribution in [0.5, 0.6) is 0 Å². The normalized spacial score (nSPS) is 22.5. The van der Waals surface area contributed by atoms with Gasteiger partial charge in [0, 0.05) is 12.8 Å². The molecule has 1 saturated heterocycles. The van der Waals surface area contributed by atoms with E-state index in [4.69, 9.17) is 9.15 Å². The Labute approximate surface area is 134 Å². The Hall–Kier alpha value is -2.34. The number of nitrogens with zero attached hydrogens (tertiary/aromatic N) is 3. The minimum absolute atomic E-state index is 0.104. The lowest BCUT2D eigenvalue weighted by Gasteiger charge is -2.33. The van der Waals surface area contributed by atoms with Crippen molar-refractivity contribution in [3.63, 3.8) is 0 Å². The third kappa shape index (κ3) is 2.49. The molecule has 0 saturated carbocycles. The highest BCUT2D eigenvalue weighted by Crippen LogP contribution is 2.40. The van der Waals surface area contributed by atoms with Gasteiger partial charge in [0.2, 0.25) is 0 Å². The number of rotatable bonds is 4. The molecule has 6 heteroatoms. The summed E-state index contributed by atoms with van der Waals surface area (Å²) in [6.07, 6.45) is 5.49. The van der Waals surface area contributed by atoms with E-state index < -0.39 is 0 Å². The van der Waals surface area contributed by atoms with Crippen LogP contribution in [0.25, 0.3) is 5.52 Å². The number of aromatic nitrogens is 3. The van der Waals surface area contributed by atoms with Crippen LogP contribution in [-0.2, 0) is 4.74 Å². The van der Waals surface area contributed by atoms with Gasteiger partial charge in [-0.3, -0.25) is 0 Å². The Balaban J connectivity index is 1.75. The first kappa shape index (κ1) is 14.3. The molecule has 2 atom stereocenters. The topological polar surface area (TPSA) is 64.6 Å². The van der Waals surface area contributed by atoms with Gasteiger partial charge in [0.15, 0.2) is 5.82 Å². The van der Waals surface area contributed by atoms with Crippen molar-refractivity contribution < 1.29 is 9.15 Å². The molecule has 3 aromatic heterocycles. The van der Waals surface area contributed by atoms with E-state index in [-0.39, 0.29) is 11.6 Å². The van der Waals surface area contributed by atoms with Gasteiger partial charge in [0.05, 0.1) is 5.60 Å². The standard InChI is InChI=1S/C17H20N4O2/c1-12-6-7-14(23-12)15(17(2)8-4-10-22-17)20-16-13-5-3-9-21(13)19-11-18-16/h3,5-7,9,11,15H,4,8,10H2,1-2H3,(H,18,19,20). The lowest BCUT2D eigenvalue weighted by Crippen LogP contribution is -2.37. The Bertz CT molecular complexity index is 817. The quantitative estimate of drug-likeness (QED) is 0.800. The molecular weight excluding hydrogens is 292 g/mol. The molecule has 0 radical (unpaired) electrons. The van der Waals surface area contributed by atoms with Crippen LogP contribution in [0.3, 0.4) is 0 Å². The van der Waals surface area contributed by atoms with Crippen LogP contribution in [0.1, 0.15) is 37.3 Å². The van der Waals surface area contributed by atoms with E-state index in [1.54, 1.807) is 10.8 Å². The van der Waals surface area contributed by atoms with Crippen molar-refractivity contribution >= 4 is 11.3 Å². The highest BCUT2D eigenvalue weighted by Gasteiger charge is 2.41. The van der Waals surface area contributed by atoms with Crippen molar-refractivity contribution in [1.29, 1.82) is 0 Å². The zero-order valence-corrected chi connectivity index (χ0v) is 13.3. The minimum Gasteiger partial charge on any atom is -0.464 e. The second-order valence-electron chi connectivity index (χ2n) is 6.24. The van der Waals surface area contributed by atoms with Crippen LogP contribution in [0, 0.1) is 6.92 Å². The number of ether oxygens (including phenoxy) is 1. The fraction of sp³-hybridized carbons (Fsp3) is 0.412. The first-order valence-corrected chi connectivity index (χ1v) is 7.91. The van der Waals surface area contributed by atoms with E-state index in [9.17, 15) is 0 Å². The van der Waals surface area contributed by atoms with E-state index in [0.717, 1.165) is 42.3 Å². The molecule has 2 unspecified atom stereocenters. The fourth-order valence-corrected chi connectivity index (χ4v) is 3.28. The number of aryl methyl sites for hydroxylation is 1. The van der Waals surface area contributed by atoms with Gasteiger partial charge in [-0.1, -0.05) is 0 Å². The van der Waals surface area contributed by atoms with Gasteiger partial charge in [0.25, 0.3) is 0 Å². The molecule has 0 amide bonds. The molecule has 120 valence electrons. The van der Waals surface area contributed by atoms with E-state index in [1.807, 2.05) is 37.4 Å². The minimum atomic E-state index is -0.321. The van der Waals surface area contributed by atoms with Crippen molar-refractivity contribution in [2.45, 2.75) is 38.3 Å². The summed E-state index contributed by atoms with van der Waals surface area (Å²) in [5, 5.41) is 7.74. The van der Waals surface area contributed by atoms with Crippen LogP contribution >= 0.6 is 0 Å². The Morgan fingerprint density at radius 1 is 1.35 bits per heavy atom. The Kier molecular flexibility index (Phi) is 3.34. The molecule has 0 aromatic carbocycles. The van der Waals surface area contributed by atoms with Crippen molar-refractivity contribution in [3.05, 3.63) is 48.3 Å². The first-order valence-electron chi connectivity index (χ1n) is 7.91. The summed E-state index contributed by atoms with van der Waals surface area (Å²) in [6, 6.07) is 7.83. The van der Waals surface area contributed by atoms with E-state index in [1.165, 1.54) is 0 Å². The van der Waals surface area contributed by atoms with Crippen molar-refractivity contribution in [2.75, 3.05) is 11.9 Å². The van der Waals surface area contributed by atoms with E-state index in [0.29, 0.717) is 0 Å². The maximum absolute atomic E-state index is 6.06. The monoisotopic (exact) mass is 312 g/mol. The molecule has 1 fully saturated rings. The molecule has 0 bridgehead atoms. The van der Waals surface area contributed by atoms with Crippen LogP contribution in [-0.4, -0.2) is 26.8 Å². The summed E-state index contributed by atoms with van der Waals surface area (Å²) in [5.74, 6) is 2.54. The predicted molar refractivity (Wildman–Crippen MR) is 86.4 cm³/mol. The lowest BCUT2D eigenvalue weighted by atomic mass is 9.91. The second-order valence-corrected chi connectivity index (χ2v) is 6.24. The van der Waals surface area contributed by atoms with Gasteiger partial charge in [-0.25, -0.2) is 9.50 Å². The summed E-state index contributed by atoms with van der Waals surface area (Å²) in [4.78, 5) is 4.41. The maximum atomic E-state index is 6.06. The van der Waals surface area contributed by atoms with Gasteiger partial charge in [-0.15, -0.1) is 0 Å². The van der Waals surface area contributed by atoms with Crippen LogP contribution in [0.4, 0.5) is 5.82 Å². The smallest absolute Gasteiger partial charge is 0.154 e. The summed E-state index contributed by atoms with van der Waals surface area (Å²) < 4.78 is 13.8. The molecule has 6 nitrogen and oxygen atoms in total. The fourth-order valence-electron chi connectivity index (χ4n) is 3.28. The number of hydrogen-bond donors (Lipinski definition) is 1. The number of furan rings is 1. The summed E-state index contributed by atoms with van der Waals surface area (Å²) in [6.45, 7) is 4.86. The lowest BCUT2D eigenvalue weighted by molar-refractivity contribution is -0.00124. The van der Waals surface area contributed by atoms with Crippen LogP contribution in [0.2, 0.25) is 0 Å². The summed E-state index contributed by atoms with van der Waals surface area (Å²) in [7, 11) is 0. The second kappa shape index (κ2) is 5.38. The van der Waals surface area contributed by atoms with E-state index in [2.05, 4.69) is 22.3 Å².